The topological polar surface area (TPSA) is 98.2 Å². The lowest BCUT2D eigenvalue weighted by molar-refractivity contribution is -0.126. The Labute approximate surface area is 110 Å². The Bertz CT molecular complexity index is 370. The summed E-state index contributed by atoms with van der Waals surface area (Å²) in [7, 11) is 0. The summed E-state index contributed by atoms with van der Waals surface area (Å²) in [6.45, 7) is 1.86. The predicted octanol–water partition coefficient (Wildman–Crippen LogP) is 0.550. The molecule has 5 nitrogen and oxygen atoms in total. The van der Waals surface area contributed by atoms with E-state index in [-0.39, 0.29) is 30.8 Å². The molecule has 2 amide bonds. The van der Waals surface area contributed by atoms with Crippen molar-refractivity contribution in [2.45, 2.75) is 25.4 Å². The van der Waals surface area contributed by atoms with Crippen LogP contribution in [0.3, 0.4) is 0 Å². The molecule has 5 N–H and O–H groups in total. The first-order valence-electron chi connectivity index (χ1n) is 4.88. The molecule has 1 heterocycles. The summed E-state index contributed by atoms with van der Waals surface area (Å²) >= 11 is 1.55. The average molecular weight is 278 g/mol. The SMILES string of the molecule is CC(NC(=O)C(N)CC(N)=O)c1cccs1.Cl. The Kier molecular flexibility index (Phi) is 6.79. The number of nitrogens with two attached hydrogens (primary N) is 2. The molecule has 0 saturated carbocycles. The van der Waals surface area contributed by atoms with E-state index < -0.39 is 11.9 Å². The molecule has 0 radical (unpaired) electrons. The zero-order chi connectivity index (χ0) is 12.1. The molecule has 1 aromatic heterocycles. The Hall–Kier alpha value is -1.11. The van der Waals surface area contributed by atoms with E-state index >= 15 is 0 Å². The summed E-state index contributed by atoms with van der Waals surface area (Å²) in [6.07, 6.45) is -0.136. The Morgan fingerprint density at radius 1 is 1.53 bits per heavy atom. The molecular formula is C10H16ClN3O2S. The molecular weight excluding hydrogens is 262 g/mol. The minimum atomic E-state index is -0.875. The molecule has 1 rings (SSSR count). The molecule has 0 aliphatic rings. The number of thiophene rings is 1. The van der Waals surface area contributed by atoms with Crippen molar-refractivity contribution < 1.29 is 9.59 Å². The normalized spacial score (nSPS) is 13.3. The van der Waals surface area contributed by atoms with E-state index in [9.17, 15) is 9.59 Å². The highest BCUT2D eigenvalue weighted by molar-refractivity contribution is 7.10. The van der Waals surface area contributed by atoms with E-state index in [0.717, 1.165) is 4.88 Å². The first-order chi connectivity index (χ1) is 7.50. The van der Waals surface area contributed by atoms with E-state index in [1.165, 1.54) is 0 Å². The zero-order valence-corrected chi connectivity index (χ0v) is 11.0. The molecule has 0 fully saturated rings. The summed E-state index contributed by atoms with van der Waals surface area (Å²) in [5.41, 5.74) is 10.5. The van der Waals surface area contributed by atoms with Crippen molar-refractivity contribution >= 4 is 35.6 Å². The van der Waals surface area contributed by atoms with E-state index in [4.69, 9.17) is 11.5 Å². The number of halogens is 1. The summed E-state index contributed by atoms with van der Waals surface area (Å²) < 4.78 is 0. The van der Waals surface area contributed by atoms with Gasteiger partial charge in [-0.3, -0.25) is 9.59 Å². The van der Waals surface area contributed by atoms with Crippen LogP contribution in [0.15, 0.2) is 17.5 Å². The number of hydrogen-bond donors (Lipinski definition) is 3. The van der Waals surface area contributed by atoms with Gasteiger partial charge in [0.05, 0.1) is 18.5 Å². The van der Waals surface area contributed by atoms with Crippen LogP contribution in [0, 0.1) is 0 Å². The minimum absolute atomic E-state index is 0. The third-order valence-corrected chi connectivity index (χ3v) is 3.14. The molecule has 0 bridgehead atoms. The van der Waals surface area contributed by atoms with Gasteiger partial charge in [-0.05, 0) is 18.4 Å². The monoisotopic (exact) mass is 277 g/mol. The van der Waals surface area contributed by atoms with Gasteiger partial charge in [-0.25, -0.2) is 0 Å². The first kappa shape index (κ1) is 15.9. The average Bonchev–Trinajstić information content (AvgIpc) is 2.68. The molecule has 2 atom stereocenters. The molecule has 0 spiro atoms. The predicted molar refractivity (Wildman–Crippen MR) is 69.9 cm³/mol. The number of carbonyl (C=O) groups excluding carboxylic acids is 2. The number of nitrogens with one attached hydrogen (secondary N) is 1. The maximum atomic E-state index is 11.5. The van der Waals surface area contributed by atoms with Crippen molar-refractivity contribution in [2.75, 3.05) is 0 Å². The lowest BCUT2D eigenvalue weighted by Gasteiger charge is -2.15. The van der Waals surface area contributed by atoms with E-state index in [1.54, 1.807) is 11.3 Å². The summed E-state index contributed by atoms with van der Waals surface area (Å²) in [6, 6.07) is 2.85. The van der Waals surface area contributed by atoms with E-state index in [2.05, 4.69) is 5.32 Å². The molecule has 7 heteroatoms. The highest BCUT2D eigenvalue weighted by Gasteiger charge is 2.18. The lowest BCUT2D eigenvalue weighted by atomic mass is 10.2. The van der Waals surface area contributed by atoms with Gasteiger partial charge >= 0.3 is 0 Å². The fraction of sp³-hybridized carbons (Fsp3) is 0.400. The van der Waals surface area contributed by atoms with Crippen LogP contribution in [0.1, 0.15) is 24.3 Å². The highest BCUT2D eigenvalue weighted by Crippen LogP contribution is 2.17. The largest absolute Gasteiger partial charge is 0.370 e. The van der Waals surface area contributed by atoms with Gasteiger partial charge in [-0.1, -0.05) is 6.07 Å². The van der Waals surface area contributed by atoms with Crippen molar-refractivity contribution in [3.63, 3.8) is 0 Å². The molecule has 96 valence electrons. The van der Waals surface area contributed by atoms with Crippen LogP contribution in [0.5, 0.6) is 0 Å². The van der Waals surface area contributed by atoms with Crippen LogP contribution >= 0.6 is 23.7 Å². The van der Waals surface area contributed by atoms with Crippen molar-refractivity contribution in [1.29, 1.82) is 0 Å². The number of amides is 2. The second kappa shape index (κ2) is 7.26. The fourth-order valence-electron chi connectivity index (χ4n) is 1.24. The third-order valence-electron chi connectivity index (χ3n) is 2.09. The molecule has 0 aliphatic carbocycles. The molecule has 0 aromatic carbocycles. The molecule has 17 heavy (non-hydrogen) atoms. The minimum Gasteiger partial charge on any atom is -0.370 e. The maximum Gasteiger partial charge on any atom is 0.237 e. The van der Waals surface area contributed by atoms with Crippen molar-refractivity contribution in [2.24, 2.45) is 11.5 Å². The second-order valence-electron chi connectivity index (χ2n) is 3.52. The van der Waals surface area contributed by atoms with Crippen LogP contribution in [0.25, 0.3) is 0 Å². The molecule has 2 unspecified atom stereocenters. The summed E-state index contributed by atoms with van der Waals surface area (Å²) in [5, 5.41) is 4.66. The quantitative estimate of drug-likeness (QED) is 0.733. The summed E-state index contributed by atoms with van der Waals surface area (Å²) in [5.74, 6) is -0.939. The van der Waals surface area contributed by atoms with Crippen LogP contribution in [-0.2, 0) is 9.59 Å². The van der Waals surface area contributed by atoms with E-state index in [0.29, 0.717) is 0 Å². The second-order valence-corrected chi connectivity index (χ2v) is 4.50. The summed E-state index contributed by atoms with van der Waals surface area (Å²) in [4.78, 5) is 23.2. The standard InChI is InChI=1S/C10H15N3O2S.ClH/c1-6(8-3-2-4-16-8)13-10(15)7(11)5-9(12)14;/h2-4,6-7H,5,11H2,1H3,(H2,12,14)(H,13,15);1H. The Balaban J connectivity index is 0.00000256. The van der Waals surface area contributed by atoms with Gasteiger partial charge in [0, 0.05) is 4.88 Å². The number of rotatable bonds is 5. The first-order valence-corrected chi connectivity index (χ1v) is 5.76. The van der Waals surface area contributed by atoms with Gasteiger partial charge in [0.1, 0.15) is 0 Å². The van der Waals surface area contributed by atoms with Gasteiger partial charge in [-0.15, -0.1) is 23.7 Å². The van der Waals surface area contributed by atoms with Crippen LogP contribution in [0.2, 0.25) is 0 Å². The molecule has 0 aliphatic heterocycles. The van der Waals surface area contributed by atoms with Gasteiger partial charge in [0.2, 0.25) is 11.8 Å². The fourth-order valence-corrected chi connectivity index (χ4v) is 1.97. The van der Waals surface area contributed by atoms with Crippen LogP contribution in [0.4, 0.5) is 0 Å². The third kappa shape index (κ3) is 5.16. The smallest absolute Gasteiger partial charge is 0.237 e. The number of hydrogen-bond acceptors (Lipinski definition) is 4. The number of primary amides is 1. The van der Waals surface area contributed by atoms with E-state index in [1.807, 2.05) is 24.4 Å². The Morgan fingerprint density at radius 2 is 2.18 bits per heavy atom. The molecule has 1 aromatic rings. The Morgan fingerprint density at radius 3 is 2.65 bits per heavy atom. The van der Waals surface area contributed by atoms with Crippen LogP contribution in [-0.4, -0.2) is 17.9 Å². The van der Waals surface area contributed by atoms with Crippen LogP contribution < -0.4 is 16.8 Å². The van der Waals surface area contributed by atoms with Gasteiger partial charge in [-0.2, -0.15) is 0 Å². The number of carbonyl (C=O) groups is 2. The highest BCUT2D eigenvalue weighted by atomic mass is 35.5. The maximum absolute atomic E-state index is 11.5. The van der Waals surface area contributed by atoms with Gasteiger partial charge < -0.3 is 16.8 Å². The van der Waals surface area contributed by atoms with Gasteiger partial charge in [0.25, 0.3) is 0 Å². The van der Waals surface area contributed by atoms with Crippen molar-refractivity contribution in [3.8, 4) is 0 Å². The lowest BCUT2D eigenvalue weighted by Crippen LogP contribution is -2.43. The van der Waals surface area contributed by atoms with Gasteiger partial charge in [0.15, 0.2) is 0 Å². The zero-order valence-electron chi connectivity index (χ0n) is 9.38. The van der Waals surface area contributed by atoms with Crippen molar-refractivity contribution in [3.05, 3.63) is 22.4 Å². The van der Waals surface area contributed by atoms with Crippen molar-refractivity contribution in [1.82, 2.24) is 5.32 Å². The molecule has 0 saturated heterocycles.